The van der Waals surface area contributed by atoms with Crippen LogP contribution in [0.2, 0.25) is 0 Å². The second kappa shape index (κ2) is 11.7. The molecule has 7 nitrogen and oxygen atoms in total. The SMILES string of the molecule is C=C/C=C\C(CC)=Nc1nc2ccc(C(=O)NCCCn3ccnc3)cc2nc1-c1ccccc1. The molecule has 0 aliphatic carbocycles. The zero-order valence-corrected chi connectivity index (χ0v) is 19.8. The zero-order chi connectivity index (χ0) is 24.5. The molecule has 0 atom stereocenters. The van der Waals surface area contributed by atoms with Crippen molar-refractivity contribution in [3.8, 4) is 11.3 Å². The van der Waals surface area contributed by atoms with E-state index in [2.05, 4.69) is 16.9 Å². The van der Waals surface area contributed by atoms with Gasteiger partial charge in [0, 0.05) is 42.3 Å². The number of benzene rings is 2. The third-order valence-corrected chi connectivity index (χ3v) is 5.43. The van der Waals surface area contributed by atoms with Crippen molar-refractivity contribution in [2.45, 2.75) is 26.3 Å². The predicted molar refractivity (Wildman–Crippen MR) is 141 cm³/mol. The van der Waals surface area contributed by atoms with Crippen LogP contribution in [0.3, 0.4) is 0 Å². The normalized spacial score (nSPS) is 11.7. The predicted octanol–water partition coefficient (Wildman–Crippen LogP) is 5.54. The number of aliphatic imine (C=N–C) groups is 1. The highest BCUT2D eigenvalue weighted by Crippen LogP contribution is 2.29. The minimum absolute atomic E-state index is 0.134. The van der Waals surface area contributed by atoms with E-state index in [1.165, 1.54) is 0 Å². The molecule has 2 heterocycles. The second-order valence-corrected chi connectivity index (χ2v) is 7.93. The van der Waals surface area contributed by atoms with E-state index in [-0.39, 0.29) is 5.91 Å². The van der Waals surface area contributed by atoms with E-state index in [1.807, 2.05) is 66.2 Å². The molecule has 2 aromatic carbocycles. The average molecular weight is 465 g/mol. The Bertz CT molecular complexity index is 1360. The maximum atomic E-state index is 12.7. The molecule has 0 bridgehead atoms. The van der Waals surface area contributed by atoms with Crippen LogP contribution in [0.1, 0.15) is 30.1 Å². The summed E-state index contributed by atoms with van der Waals surface area (Å²) in [6.07, 6.45) is 12.5. The Balaban J connectivity index is 1.62. The largest absolute Gasteiger partial charge is 0.352 e. The molecule has 0 aliphatic rings. The van der Waals surface area contributed by atoms with Gasteiger partial charge < -0.3 is 9.88 Å². The van der Waals surface area contributed by atoms with E-state index in [9.17, 15) is 4.79 Å². The first-order chi connectivity index (χ1) is 17.2. The van der Waals surface area contributed by atoms with Gasteiger partial charge in [0.15, 0.2) is 5.82 Å². The molecule has 0 unspecified atom stereocenters. The summed E-state index contributed by atoms with van der Waals surface area (Å²) in [5.74, 6) is 0.413. The maximum absolute atomic E-state index is 12.7. The number of aromatic nitrogens is 4. The number of aryl methyl sites for hydroxylation is 1. The summed E-state index contributed by atoms with van der Waals surface area (Å²) < 4.78 is 1.99. The molecular formula is C28H28N6O. The second-order valence-electron chi connectivity index (χ2n) is 7.93. The number of imidazole rings is 1. The highest BCUT2D eigenvalue weighted by Gasteiger charge is 2.13. The third-order valence-electron chi connectivity index (χ3n) is 5.43. The van der Waals surface area contributed by atoms with Crippen LogP contribution in [-0.2, 0) is 6.54 Å². The van der Waals surface area contributed by atoms with Gasteiger partial charge in [-0.05, 0) is 37.1 Å². The first-order valence-electron chi connectivity index (χ1n) is 11.7. The van der Waals surface area contributed by atoms with Crippen LogP contribution in [0, 0.1) is 0 Å². The maximum Gasteiger partial charge on any atom is 0.251 e. The Morgan fingerprint density at radius 2 is 2.00 bits per heavy atom. The van der Waals surface area contributed by atoms with Gasteiger partial charge in [-0.3, -0.25) is 4.79 Å². The van der Waals surface area contributed by atoms with Gasteiger partial charge in [-0.2, -0.15) is 0 Å². The number of fused-ring (bicyclic) bond motifs is 1. The fourth-order valence-electron chi connectivity index (χ4n) is 3.59. The Hall–Kier alpha value is -4.39. The molecule has 7 heteroatoms. The molecule has 0 saturated heterocycles. The van der Waals surface area contributed by atoms with E-state index in [0.29, 0.717) is 34.7 Å². The first kappa shape index (κ1) is 23.8. The smallest absolute Gasteiger partial charge is 0.251 e. The van der Waals surface area contributed by atoms with Crippen molar-refractivity contribution in [1.82, 2.24) is 24.8 Å². The van der Waals surface area contributed by atoms with Gasteiger partial charge in [-0.1, -0.05) is 56.0 Å². The van der Waals surface area contributed by atoms with Gasteiger partial charge in [0.2, 0.25) is 0 Å². The van der Waals surface area contributed by atoms with E-state index in [1.54, 1.807) is 30.7 Å². The Morgan fingerprint density at radius 3 is 2.74 bits per heavy atom. The molecule has 176 valence electrons. The topological polar surface area (TPSA) is 85.1 Å². The van der Waals surface area contributed by atoms with E-state index < -0.39 is 0 Å². The van der Waals surface area contributed by atoms with E-state index >= 15 is 0 Å². The van der Waals surface area contributed by atoms with Crippen LogP contribution in [0.4, 0.5) is 5.82 Å². The van der Waals surface area contributed by atoms with Crippen molar-refractivity contribution in [3.63, 3.8) is 0 Å². The molecule has 0 spiro atoms. The van der Waals surface area contributed by atoms with Crippen molar-refractivity contribution >= 4 is 28.5 Å². The Labute approximate surface area is 205 Å². The number of nitrogens with one attached hydrogen (secondary N) is 1. The highest BCUT2D eigenvalue weighted by molar-refractivity contribution is 5.99. The average Bonchev–Trinajstić information content (AvgIpc) is 3.42. The monoisotopic (exact) mass is 464 g/mol. The van der Waals surface area contributed by atoms with Crippen LogP contribution in [0.5, 0.6) is 0 Å². The molecule has 4 rings (SSSR count). The quantitative estimate of drug-likeness (QED) is 0.190. The molecule has 0 aliphatic heterocycles. The summed E-state index contributed by atoms with van der Waals surface area (Å²) in [4.78, 5) is 31.2. The summed E-state index contributed by atoms with van der Waals surface area (Å²) in [7, 11) is 0. The van der Waals surface area contributed by atoms with Crippen molar-refractivity contribution < 1.29 is 4.79 Å². The number of amides is 1. The van der Waals surface area contributed by atoms with Gasteiger partial charge in [0.25, 0.3) is 5.91 Å². The van der Waals surface area contributed by atoms with Gasteiger partial charge in [-0.15, -0.1) is 0 Å². The molecule has 4 aromatic rings. The fraction of sp³-hybridized carbons (Fsp3) is 0.179. The minimum atomic E-state index is -0.134. The molecule has 2 aromatic heterocycles. The van der Waals surface area contributed by atoms with E-state index in [0.717, 1.165) is 30.7 Å². The number of nitrogens with zero attached hydrogens (tertiary/aromatic N) is 5. The van der Waals surface area contributed by atoms with Gasteiger partial charge >= 0.3 is 0 Å². The number of hydrogen-bond acceptors (Lipinski definition) is 5. The summed E-state index contributed by atoms with van der Waals surface area (Å²) in [5.41, 5.74) is 4.35. The van der Waals surface area contributed by atoms with Gasteiger partial charge in [0.05, 0.1) is 17.4 Å². The van der Waals surface area contributed by atoms with Crippen LogP contribution < -0.4 is 5.32 Å². The van der Waals surface area contributed by atoms with Crippen molar-refractivity contribution in [2.24, 2.45) is 4.99 Å². The minimum Gasteiger partial charge on any atom is -0.352 e. The first-order valence-corrected chi connectivity index (χ1v) is 11.7. The van der Waals surface area contributed by atoms with Gasteiger partial charge in [-0.25, -0.2) is 19.9 Å². The lowest BCUT2D eigenvalue weighted by atomic mass is 10.1. The van der Waals surface area contributed by atoms with Crippen molar-refractivity contribution in [1.29, 1.82) is 0 Å². The Kier molecular flexibility index (Phi) is 7.91. The lowest BCUT2D eigenvalue weighted by molar-refractivity contribution is 0.0953. The molecule has 0 radical (unpaired) electrons. The Morgan fingerprint density at radius 1 is 1.14 bits per heavy atom. The molecule has 1 N–H and O–H groups in total. The fourth-order valence-corrected chi connectivity index (χ4v) is 3.59. The number of hydrogen-bond donors (Lipinski definition) is 1. The van der Waals surface area contributed by atoms with Gasteiger partial charge in [0.1, 0.15) is 5.69 Å². The summed E-state index contributed by atoms with van der Waals surface area (Å²) in [6, 6.07) is 15.2. The molecule has 35 heavy (non-hydrogen) atoms. The lowest BCUT2D eigenvalue weighted by Crippen LogP contribution is -2.25. The summed E-state index contributed by atoms with van der Waals surface area (Å²) in [5, 5.41) is 2.98. The van der Waals surface area contributed by atoms with Crippen molar-refractivity contribution in [3.05, 3.63) is 97.6 Å². The van der Waals surface area contributed by atoms with Crippen LogP contribution >= 0.6 is 0 Å². The summed E-state index contributed by atoms with van der Waals surface area (Å²) in [6.45, 7) is 7.15. The lowest BCUT2D eigenvalue weighted by Gasteiger charge is -2.10. The third kappa shape index (κ3) is 6.14. The molecule has 0 saturated carbocycles. The molecular weight excluding hydrogens is 436 g/mol. The van der Waals surface area contributed by atoms with Crippen LogP contribution in [-0.4, -0.2) is 37.7 Å². The van der Waals surface area contributed by atoms with Crippen LogP contribution in [0.15, 0.2) is 97.1 Å². The number of carbonyl (C=O) groups is 1. The molecule has 1 amide bonds. The number of allylic oxidation sites excluding steroid dienone is 3. The highest BCUT2D eigenvalue weighted by atomic mass is 16.1. The number of carbonyl (C=O) groups excluding carboxylic acids is 1. The van der Waals surface area contributed by atoms with Crippen molar-refractivity contribution in [2.75, 3.05) is 6.54 Å². The zero-order valence-electron chi connectivity index (χ0n) is 19.8. The van der Waals surface area contributed by atoms with Crippen LogP contribution in [0.25, 0.3) is 22.3 Å². The standard InChI is InChI=1S/C28H28N6O/c1-3-5-12-23(4-2)31-27-26(21-10-7-6-8-11-21)32-25-19-22(13-14-24(25)33-27)28(35)30-15-9-17-34-18-16-29-20-34/h3,5-8,10-14,16,18-20H,1,4,9,15,17H2,2H3,(H,30,35)/b12-5-,31-23?. The number of rotatable bonds is 10. The molecule has 0 fully saturated rings. The van der Waals surface area contributed by atoms with E-state index in [4.69, 9.17) is 15.0 Å². The summed E-state index contributed by atoms with van der Waals surface area (Å²) >= 11 is 0.